The van der Waals surface area contributed by atoms with Crippen LogP contribution in [-0.4, -0.2) is 54.6 Å². The van der Waals surface area contributed by atoms with Gasteiger partial charge in [0.25, 0.3) is 10.0 Å². The van der Waals surface area contributed by atoms with Gasteiger partial charge < -0.3 is 9.47 Å². The summed E-state index contributed by atoms with van der Waals surface area (Å²) in [5, 5.41) is 6.00. The van der Waals surface area contributed by atoms with Gasteiger partial charge in [-0.1, -0.05) is 18.2 Å². The van der Waals surface area contributed by atoms with Crippen molar-refractivity contribution < 1.29 is 35.9 Å². The average molecular weight is 606 g/mol. The van der Waals surface area contributed by atoms with E-state index in [1.807, 2.05) is 0 Å². The van der Waals surface area contributed by atoms with Crippen molar-refractivity contribution in [2.45, 2.75) is 62.9 Å². The van der Waals surface area contributed by atoms with Gasteiger partial charge in [0, 0.05) is 24.8 Å². The number of alkyl halides is 3. The highest BCUT2D eigenvalue weighted by atomic mass is 35.5. The summed E-state index contributed by atoms with van der Waals surface area (Å²) in [6.07, 6.45) is -4.72. The molecule has 3 N–H and O–H groups in total. The molecule has 1 aromatic heterocycles. The number of benzene rings is 1. The fourth-order valence-electron chi connectivity index (χ4n) is 3.81. The zero-order valence-electron chi connectivity index (χ0n) is 21.7. The number of hydrazine groups is 1. The number of nitrogens with zero attached hydrogens (tertiary/aromatic N) is 4. The second kappa shape index (κ2) is 10.7. The Morgan fingerprint density at radius 3 is 2.65 bits per heavy atom. The van der Waals surface area contributed by atoms with E-state index in [-0.39, 0.29) is 33.7 Å². The molecule has 4 rings (SSSR count). The fourth-order valence-corrected chi connectivity index (χ4v) is 5.76. The second-order valence-corrected chi connectivity index (χ2v) is 11.6. The molecule has 12 nitrogen and oxygen atoms in total. The van der Waals surface area contributed by atoms with Gasteiger partial charge in [0.1, 0.15) is 28.4 Å². The van der Waals surface area contributed by atoms with Crippen molar-refractivity contribution in [2.24, 2.45) is 4.99 Å². The summed E-state index contributed by atoms with van der Waals surface area (Å²) in [7, 11) is -4.29. The molecule has 0 spiro atoms. The third-order valence-electron chi connectivity index (χ3n) is 6.07. The molecule has 0 aliphatic carbocycles. The molecular weight excluding hydrogens is 579 g/mol. The monoisotopic (exact) mass is 605 g/mol. The molecule has 0 saturated carbocycles. The number of amides is 1. The van der Waals surface area contributed by atoms with E-state index in [4.69, 9.17) is 16.3 Å². The Kier molecular flexibility index (Phi) is 7.86. The van der Waals surface area contributed by atoms with Crippen LogP contribution in [0.5, 0.6) is 5.75 Å². The van der Waals surface area contributed by atoms with E-state index in [9.17, 15) is 26.4 Å². The van der Waals surface area contributed by atoms with E-state index in [0.29, 0.717) is 44.9 Å². The predicted molar refractivity (Wildman–Crippen MR) is 141 cm³/mol. The Bertz CT molecular complexity index is 1460. The lowest BCUT2D eigenvalue weighted by atomic mass is 10.1. The topological polar surface area (TPSA) is 139 Å². The lowest BCUT2D eigenvalue weighted by Crippen LogP contribution is -2.44. The number of aryl methyl sites for hydroxylation is 1. The Morgan fingerprint density at radius 1 is 1.32 bits per heavy atom. The summed E-state index contributed by atoms with van der Waals surface area (Å²) in [4.78, 5) is 16.2. The molecule has 40 heavy (non-hydrogen) atoms. The van der Waals surface area contributed by atoms with Crippen LogP contribution < -0.4 is 25.2 Å². The van der Waals surface area contributed by atoms with Gasteiger partial charge in [0.2, 0.25) is 5.60 Å². The van der Waals surface area contributed by atoms with Crippen molar-refractivity contribution >= 4 is 44.9 Å². The standard InChI is InChI=1S/C23H27ClF3N7O5S/c1-5-33-12-18(20(24)32-33)40(36,37)34-11-15(7-9-19-28-13(2)30-31-19)38-17-8-6-14(10-16(17)34)29-21(35)39-22(3,4)23(25,26)27/h6,8,10,12,15,30H,2,5,7,9,11H2,1,3-4H3,(H,28,31)(H,29,35)/t15-/m0/s1. The van der Waals surface area contributed by atoms with Gasteiger partial charge in [-0.2, -0.15) is 18.3 Å². The molecule has 1 amide bonds. The summed E-state index contributed by atoms with van der Waals surface area (Å²) < 4.78 is 80.1. The Labute approximate surface area is 233 Å². The summed E-state index contributed by atoms with van der Waals surface area (Å²) >= 11 is 6.18. The van der Waals surface area contributed by atoms with E-state index in [2.05, 4.69) is 37.6 Å². The molecule has 3 heterocycles. The first-order chi connectivity index (χ1) is 18.6. The van der Waals surface area contributed by atoms with Crippen LogP contribution in [0.25, 0.3) is 0 Å². The number of anilines is 2. The lowest BCUT2D eigenvalue weighted by molar-refractivity contribution is -0.242. The maximum atomic E-state index is 13.8. The molecule has 0 unspecified atom stereocenters. The Hall–Kier alpha value is -3.66. The van der Waals surface area contributed by atoms with E-state index >= 15 is 0 Å². The van der Waals surface area contributed by atoms with Gasteiger partial charge in [0.05, 0.1) is 12.2 Å². The number of amidine groups is 1. The number of sulfonamides is 1. The number of hydrogen-bond donors (Lipinski definition) is 3. The Balaban J connectivity index is 1.64. The number of rotatable bonds is 8. The van der Waals surface area contributed by atoms with Gasteiger partial charge in [-0.3, -0.25) is 25.2 Å². The summed E-state index contributed by atoms with van der Waals surface area (Å²) in [6, 6.07) is 4.02. The number of nitrogens with one attached hydrogen (secondary N) is 3. The van der Waals surface area contributed by atoms with Crippen molar-refractivity contribution in [2.75, 3.05) is 16.2 Å². The van der Waals surface area contributed by atoms with Crippen LogP contribution in [0.4, 0.5) is 29.3 Å². The van der Waals surface area contributed by atoms with E-state index in [0.717, 1.165) is 4.31 Å². The molecule has 1 aromatic carbocycles. The van der Waals surface area contributed by atoms with Crippen molar-refractivity contribution in [3.05, 3.63) is 41.9 Å². The maximum absolute atomic E-state index is 13.8. The molecular formula is C23H27ClF3N7O5S. The quantitative estimate of drug-likeness (QED) is 0.408. The SMILES string of the molecule is C=C1N=C(CC[C@H]2CN(S(=O)(=O)c3cn(CC)nc3Cl)c3cc(NC(=O)OC(C)(C)C(F)(F)F)ccc3O2)NN1. The third kappa shape index (κ3) is 6.06. The third-order valence-corrected chi connectivity index (χ3v) is 8.24. The first-order valence-corrected chi connectivity index (χ1v) is 13.8. The van der Waals surface area contributed by atoms with Crippen molar-refractivity contribution in [1.82, 2.24) is 20.6 Å². The van der Waals surface area contributed by atoms with Crippen molar-refractivity contribution in [3.8, 4) is 5.75 Å². The number of halogens is 4. The first-order valence-electron chi connectivity index (χ1n) is 12.0. The van der Waals surface area contributed by atoms with Crippen LogP contribution in [0.2, 0.25) is 5.15 Å². The summed E-state index contributed by atoms with van der Waals surface area (Å²) in [5.74, 6) is 1.20. The van der Waals surface area contributed by atoms with Crippen molar-refractivity contribution in [1.29, 1.82) is 0 Å². The highest BCUT2D eigenvalue weighted by molar-refractivity contribution is 7.93. The number of hydrogen-bond acceptors (Lipinski definition) is 9. The van der Waals surface area contributed by atoms with Crippen molar-refractivity contribution in [3.63, 3.8) is 0 Å². The highest BCUT2D eigenvalue weighted by Gasteiger charge is 2.51. The zero-order valence-corrected chi connectivity index (χ0v) is 23.2. The second-order valence-electron chi connectivity index (χ2n) is 9.41. The Morgan fingerprint density at radius 2 is 2.05 bits per heavy atom. The largest absolute Gasteiger partial charge is 0.486 e. The van der Waals surface area contributed by atoms with E-state index < -0.39 is 34.0 Å². The molecule has 0 saturated heterocycles. The predicted octanol–water partition coefficient (Wildman–Crippen LogP) is 4.16. The molecule has 218 valence electrons. The molecule has 2 aliphatic heterocycles. The van der Waals surface area contributed by atoms with Gasteiger partial charge >= 0.3 is 12.3 Å². The molecule has 0 fully saturated rings. The molecule has 0 radical (unpaired) electrons. The maximum Gasteiger partial charge on any atom is 0.427 e. The molecule has 1 atom stereocenters. The van der Waals surface area contributed by atoms with Crippen LogP contribution in [0.15, 0.2) is 46.7 Å². The molecule has 2 aliphatic rings. The van der Waals surface area contributed by atoms with Gasteiger partial charge in [-0.05, 0) is 45.4 Å². The minimum absolute atomic E-state index is 0.0200. The van der Waals surface area contributed by atoms with Gasteiger partial charge in [-0.15, -0.1) is 0 Å². The minimum Gasteiger partial charge on any atom is -0.486 e. The van der Waals surface area contributed by atoms with Crippen LogP contribution in [0.3, 0.4) is 0 Å². The number of carbonyl (C=O) groups is 1. The number of carbonyl (C=O) groups excluding carboxylic acids is 1. The number of aliphatic imine (C=N–C) groups is 1. The zero-order chi connectivity index (χ0) is 29.5. The van der Waals surface area contributed by atoms with Gasteiger partial charge in [0.15, 0.2) is 5.15 Å². The van der Waals surface area contributed by atoms with E-state index in [1.165, 1.54) is 29.1 Å². The first kappa shape index (κ1) is 29.3. The summed E-state index contributed by atoms with van der Waals surface area (Å²) in [6.45, 7) is 7.10. The van der Waals surface area contributed by atoms with Crippen LogP contribution in [-0.2, 0) is 21.3 Å². The number of aromatic nitrogens is 2. The minimum atomic E-state index is -4.81. The lowest BCUT2D eigenvalue weighted by Gasteiger charge is -2.35. The molecule has 17 heteroatoms. The molecule has 2 aromatic rings. The normalized spacial score (nSPS) is 17.4. The molecule has 0 bridgehead atoms. The number of ether oxygens (including phenoxy) is 2. The van der Waals surface area contributed by atoms with Gasteiger partial charge in [-0.25, -0.2) is 18.2 Å². The van der Waals surface area contributed by atoms with Crippen LogP contribution >= 0.6 is 11.6 Å². The van der Waals surface area contributed by atoms with E-state index in [1.54, 1.807) is 6.92 Å². The number of fused-ring (bicyclic) bond motifs is 1. The van der Waals surface area contributed by atoms with Crippen LogP contribution in [0.1, 0.15) is 33.6 Å². The fraction of sp³-hybridized carbons (Fsp3) is 0.435. The average Bonchev–Trinajstić information content (AvgIpc) is 3.46. The summed E-state index contributed by atoms with van der Waals surface area (Å²) in [5.41, 5.74) is 2.88. The van der Waals surface area contributed by atoms with Crippen LogP contribution in [0, 0.1) is 0 Å². The smallest absolute Gasteiger partial charge is 0.427 e. The highest BCUT2D eigenvalue weighted by Crippen LogP contribution is 2.41.